The van der Waals surface area contributed by atoms with Crippen LogP contribution in [-0.2, 0) is 13.1 Å². The van der Waals surface area contributed by atoms with Crippen molar-refractivity contribution in [3.63, 3.8) is 0 Å². The average molecular weight is 365 g/mol. The summed E-state index contributed by atoms with van der Waals surface area (Å²) in [5.74, 6) is 1.03. The molecule has 0 fully saturated rings. The van der Waals surface area contributed by atoms with Crippen molar-refractivity contribution in [1.29, 1.82) is 0 Å². The Hall–Kier alpha value is -1.52. The van der Waals surface area contributed by atoms with E-state index in [9.17, 15) is 0 Å². The van der Waals surface area contributed by atoms with E-state index in [-0.39, 0.29) is 0 Å². The van der Waals surface area contributed by atoms with E-state index >= 15 is 0 Å². The minimum absolute atomic E-state index is 0.669. The second-order valence-corrected chi connectivity index (χ2v) is 6.03. The summed E-state index contributed by atoms with van der Waals surface area (Å²) in [6, 6.07) is 13.9. The van der Waals surface area contributed by atoms with Crippen LogP contribution in [-0.4, -0.2) is 9.55 Å². The molecule has 0 unspecified atom stereocenters. The maximum absolute atomic E-state index is 5.96. The van der Waals surface area contributed by atoms with Crippen LogP contribution in [0.1, 0.15) is 12.7 Å². The van der Waals surface area contributed by atoms with Gasteiger partial charge in [0, 0.05) is 21.7 Å². The van der Waals surface area contributed by atoms with Crippen molar-refractivity contribution in [3.8, 4) is 0 Å². The number of aryl methyl sites for hydroxylation is 1. The van der Waals surface area contributed by atoms with Crippen LogP contribution in [0.4, 0.5) is 5.69 Å². The standard InChI is InChI=1S/C16H15BrClN3/c1-2-21-15-6-4-3-5-14(15)20-16(21)10-19-13-8-7-11(18)9-12(13)17/h3-9,19H,2,10H2,1H3. The Morgan fingerprint density at radius 2 is 2.05 bits per heavy atom. The fourth-order valence-electron chi connectivity index (χ4n) is 2.42. The number of para-hydroxylation sites is 2. The lowest BCUT2D eigenvalue weighted by atomic mass is 10.3. The highest BCUT2D eigenvalue weighted by molar-refractivity contribution is 9.10. The van der Waals surface area contributed by atoms with E-state index in [4.69, 9.17) is 16.6 Å². The summed E-state index contributed by atoms with van der Waals surface area (Å²) >= 11 is 9.48. The van der Waals surface area contributed by atoms with Crippen molar-refractivity contribution >= 4 is 44.3 Å². The molecule has 3 aromatic rings. The van der Waals surface area contributed by atoms with Crippen LogP contribution in [0.2, 0.25) is 5.02 Å². The number of imidazole rings is 1. The predicted molar refractivity (Wildman–Crippen MR) is 91.9 cm³/mol. The summed E-state index contributed by atoms with van der Waals surface area (Å²) in [5, 5.41) is 4.12. The Balaban J connectivity index is 1.88. The van der Waals surface area contributed by atoms with Crippen LogP contribution in [0.5, 0.6) is 0 Å². The molecule has 0 amide bonds. The molecule has 0 bridgehead atoms. The molecule has 1 heterocycles. The van der Waals surface area contributed by atoms with Crippen molar-refractivity contribution < 1.29 is 0 Å². The normalized spacial score (nSPS) is 11.0. The molecule has 0 aliphatic carbocycles. The Labute approximate surface area is 137 Å². The number of fused-ring (bicyclic) bond motifs is 1. The van der Waals surface area contributed by atoms with E-state index in [1.54, 1.807) is 0 Å². The van der Waals surface area contributed by atoms with Gasteiger partial charge in [-0.1, -0.05) is 23.7 Å². The molecule has 0 aliphatic heterocycles. The first-order valence-electron chi connectivity index (χ1n) is 6.82. The van der Waals surface area contributed by atoms with Gasteiger partial charge in [-0.15, -0.1) is 0 Å². The van der Waals surface area contributed by atoms with Crippen LogP contribution >= 0.6 is 27.5 Å². The molecular weight excluding hydrogens is 350 g/mol. The fourth-order valence-corrected chi connectivity index (χ4v) is 3.24. The molecule has 0 radical (unpaired) electrons. The predicted octanol–water partition coefficient (Wildman–Crippen LogP) is 5.08. The first-order valence-corrected chi connectivity index (χ1v) is 7.99. The van der Waals surface area contributed by atoms with Crippen molar-refractivity contribution in [2.24, 2.45) is 0 Å². The van der Waals surface area contributed by atoms with Gasteiger partial charge in [0.05, 0.1) is 17.6 Å². The Morgan fingerprint density at radius 3 is 2.81 bits per heavy atom. The number of rotatable bonds is 4. The first-order chi connectivity index (χ1) is 10.2. The summed E-state index contributed by atoms with van der Waals surface area (Å²) < 4.78 is 3.18. The van der Waals surface area contributed by atoms with Crippen LogP contribution in [0, 0.1) is 0 Å². The molecule has 3 rings (SSSR count). The third-order valence-corrected chi connectivity index (χ3v) is 4.31. The third-order valence-electron chi connectivity index (χ3n) is 3.42. The van der Waals surface area contributed by atoms with E-state index in [2.05, 4.69) is 38.8 Å². The van der Waals surface area contributed by atoms with Gasteiger partial charge in [0.25, 0.3) is 0 Å². The van der Waals surface area contributed by atoms with Crippen molar-refractivity contribution in [2.45, 2.75) is 20.0 Å². The number of halogens is 2. The number of nitrogens with zero attached hydrogens (tertiary/aromatic N) is 2. The molecule has 0 saturated heterocycles. The number of benzene rings is 2. The largest absolute Gasteiger partial charge is 0.377 e. The summed E-state index contributed by atoms with van der Waals surface area (Å²) in [5.41, 5.74) is 3.22. The summed E-state index contributed by atoms with van der Waals surface area (Å²) in [6.07, 6.45) is 0. The Morgan fingerprint density at radius 1 is 1.24 bits per heavy atom. The fraction of sp³-hybridized carbons (Fsp3) is 0.188. The number of hydrogen-bond acceptors (Lipinski definition) is 2. The highest BCUT2D eigenvalue weighted by atomic mass is 79.9. The summed E-state index contributed by atoms with van der Waals surface area (Å²) in [4.78, 5) is 4.70. The van der Waals surface area contributed by atoms with E-state index in [0.29, 0.717) is 11.6 Å². The zero-order valence-electron chi connectivity index (χ0n) is 11.6. The van der Waals surface area contributed by atoms with Gasteiger partial charge in [0.1, 0.15) is 5.82 Å². The maximum atomic E-state index is 5.96. The molecule has 0 spiro atoms. The van der Waals surface area contributed by atoms with Gasteiger partial charge in [-0.25, -0.2) is 4.98 Å². The van der Waals surface area contributed by atoms with Crippen LogP contribution < -0.4 is 5.32 Å². The monoisotopic (exact) mass is 363 g/mol. The SMILES string of the molecule is CCn1c(CNc2ccc(Cl)cc2Br)nc2ccccc21. The molecule has 1 N–H and O–H groups in total. The maximum Gasteiger partial charge on any atom is 0.129 e. The van der Waals surface area contributed by atoms with Crippen molar-refractivity contribution in [1.82, 2.24) is 9.55 Å². The van der Waals surface area contributed by atoms with E-state index < -0.39 is 0 Å². The highest BCUT2D eigenvalue weighted by Gasteiger charge is 2.09. The number of nitrogens with one attached hydrogen (secondary N) is 1. The van der Waals surface area contributed by atoms with Gasteiger partial charge in [-0.05, 0) is 53.2 Å². The minimum Gasteiger partial charge on any atom is -0.377 e. The molecule has 0 aliphatic rings. The van der Waals surface area contributed by atoms with Crippen LogP contribution in [0.15, 0.2) is 46.9 Å². The summed E-state index contributed by atoms with van der Waals surface area (Å²) in [6.45, 7) is 3.71. The van der Waals surface area contributed by atoms with Gasteiger partial charge in [0.2, 0.25) is 0 Å². The number of anilines is 1. The van der Waals surface area contributed by atoms with Gasteiger partial charge in [-0.3, -0.25) is 0 Å². The van der Waals surface area contributed by atoms with Crippen molar-refractivity contribution in [3.05, 3.63) is 57.8 Å². The molecule has 108 valence electrons. The molecule has 0 atom stereocenters. The molecule has 3 nitrogen and oxygen atoms in total. The summed E-state index contributed by atoms with van der Waals surface area (Å²) in [7, 11) is 0. The topological polar surface area (TPSA) is 29.9 Å². The smallest absolute Gasteiger partial charge is 0.129 e. The lowest BCUT2D eigenvalue weighted by Crippen LogP contribution is -2.08. The van der Waals surface area contributed by atoms with E-state index in [0.717, 1.165) is 28.0 Å². The van der Waals surface area contributed by atoms with Gasteiger partial charge in [0.15, 0.2) is 0 Å². The molecule has 0 saturated carbocycles. The average Bonchev–Trinajstić information content (AvgIpc) is 2.83. The van der Waals surface area contributed by atoms with Gasteiger partial charge < -0.3 is 9.88 Å². The van der Waals surface area contributed by atoms with Crippen LogP contribution in [0.25, 0.3) is 11.0 Å². The van der Waals surface area contributed by atoms with E-state index in [1.165, 1.54) is 5.52 Å². The highest BCUT2D eigenvalue weighted by Crippen LogP contribution is 2.26. The molecule has 21 heavy (non-hydrogen) atoms. The second-order valence-electron chi connectivity index (χ2n) is 4.74. The zero-order valence-corrected chi connectivity index (χ0v) is 13.9. The van der Waals surface area contributed by atoms with Crippen LogP contribution in [0.3, 0.4) is 0 Å². The molecule has 2 aromatic carbocycles. The van der Waals surface area contributed by atoms with Gasteiger partial charge in [-0.2, -0.15) is 0 Å². The molecular formula is C16H15BrClN3. The minimum atomic E-state index is 0.669. The Bertz CT molecular complexity index is 782. The second kappa shape index (κ2) is 6.08. The lowest BCUT2D eigenvalue weighted by Gasteiger charge is -2.10. The molecule has 5 heteroatoms. The third kappa shape index (κ3) is 2.92. The Kier molecular flexibility index (Phi) is 4.17. The van der Waals surface area contributed by atoms with Gasteiger partial charge >= 0.3 is 0 Å². The van der Waals surface area contributed by atoms with Crippen molar-refractivity contribution in [2.75, 3.05) is 5.32 Å². The first kappa shape index (κ1) is 14.4. The lowest BCUT2D eigenvalue weighted by molar-refractivity contribution is 0.729. The number of hydrogen-bond donors (Lipinski definition) is 1. The quantitative estimate of drug-likeness (QED) is 0.699. The molecule has 1 aromatic heterocycles. The van der Waals surface area contributed by atoms with E-state index in [1.807, 2.05) is 36.4 Å². The zero-order chi connectivity index (χ0) is 14.8. The number of aromatic nitrogens is 2.